The Kier molecular flexibility index (Phi) is 6.30. The molecule has 29 heavy (non-hydrogen) atoms. The molecule has 0 aliphatic heterocycles. The zero-order valence-electron chi connectivity index (χ0n) is 17.0. The van der Waals surface area contributed by atoms with Crippen molar-refractivity contribution in [1.29, 1.82) is 0 Å². The third-order valence-electron chi connectivity index (χ3n) is 5.83. The van der Waals surface area contributed by atoms with Crippen molar-refractivity contribution in [1.82, 2.24) is 5.32 Å². The molecule has 152 valence electrons. The van der Waals surface area contributed by atoms with E-state index >= 15 is 0 Å². The van der Waals surface area contributed by atoms with Gasteiger partial charge in [0.05, 0.1) is 5.39 Å². The highest BCUT2D eigenvalue weighted by molar-refractivity contribution is 5.78. The first-order valence-corrected chi connectivity index (χ1v) is 10.7. The second-order valence-corrected chi connectivity index (χ2v) is 7.92. The monoisotopic (exact) mass is 391 g/mol. The van der Waals surface area contributed by atoms with Crippen LogP contribution in [-0.4, -0.2) is 13.6 Å². The zero-order chi connectivity index (χ0) is 20.1. The molecule has 3 aromatic rings. The van der Waals surface area contributed by atoms with Crippen LogP contribution in [0.4, 0.5) is 0 Å². The largest absolute Gasteiger partial charge is 0.486 e. The van der Waals surface area contributed by atoms with E-state index in [-0.39, 0.29) is 11.5 Å². The van der Waals surface area contributed by atoms with Gasteiger partial charge in [-0.25, -0.2) is 0 Å². The standard InChI is InChI=1S/C25H29NO3/c1-26-15-14-23(18-8-4-2-5-9-18)28-20-12-13-24-21(16-20)22(27)17-25(29-24)19-10-6-3-7-11-19/h2,4-5,8-9,12-13,16-17,19,23,26H,3,6-7,10-11,14-15H2,1H3. The quantitative estimate of drug-likeness (QED) is 0.572. The van der Waals surface area contributed by atoms with Crippen molar-refractivity contribution in [3.05, 3.63) is 76.1 Å². The second-order valence-electron chi connectivity index (χ2n) is 7.92. The number of ether oxygens (including phenoxy) is 1. The summed E-state index contributed by atoms with van der Waals surface area (Å²) < 4.78 is 12.4. The SMILES string of the molecule is CNCCC(Oc1ccc2oc(C3CCCCC3)cc(=O)c2c1)c1ccccc1. The Balaban J connectivity index is 1.60. The van der Waals surface area contributed by atoms with Crippen LogP contribution in [0.25, 0.3) is 11.0 Å². The molecular weight excluding hydrogens is 362 g/mol. The highest BCUT2D eigenvalue weighted by atomic mass is 16.5. The Morgan fingerprint density at radius 1 is 1.07 bits per heavy atom. The summed E-state index contributed by atoms with van der Waals surface area (Å²) in [5, 5.41) is 3.77. The van der Waals surface area contributed by atoms with Crippen molar-refractivity contribution < 1.29 is 9.15 Å². The van der Waals surface area contributed by atoms with Gasteiger partial charge in [-0.15, -0.1) is 0 Å². The van der Waals surface area contributed by atoms with E-state index in [1.807, 2.05) is 43.4 Å². The summed E-state index contributed by atoms with van der Waals surface area (Å²) >= 11 is 0. The molecule has 1 atom stereocenters. The van der Waals surface area contributed by atoms with Gasteiger partial charge in [-0.1, -0.05) is 49.6 Å². The fraction of sp³-hybridized carbons (Fsp3) is 0.400. The predicted molar refractivity (Wildman–Crippen MR) is 117 cm³/mol. The van der Waals surface area contributed by atoms with Gasteiger partial charge in [-0.3, -0.25) is 4.79 Å². The maximum Gasteiger partial charge on any atom is 0.193 e. The van der Waals surface area contributed by atoms with E-state index < -0.39 is 0 Å². The number of rotatable bonds is 7. The van der Waals surface area contributed by atoms with Crippen LogP contribution in [-0.2, 0) is 0 Å². The van der Waals surface area contributed by atoms with E-state index in [4.69, 9.17) is 9.15 Å². The van der Waals surface area contributed by atoms with Gasteiger partial charge in [0.1, 0.15) is 23.2 Å². The third kappa shape index (κ3) is 4.70. The second kappa shape index (κ2) is 9.27. The minimum absolute atomic E-state index is 0.0174. The topological polar surface area (TPSA) is 51.5 Å². The van der Waals surface area contributed by atoms with Crippen LogP contribution < -0.4 is 15.5 Å². The molecule has 1 unspecified atom stereocenters. The molecule has 1 heterocycles. The van der Waals surface area contributed by atoms with Gasteiger partial charge in [0, 0.05) is 18.4 Å². The summed E-state index contributed by atoms with van der Waals surface area (Å²) in [6.07, 6.45) is 6.70. The van der Waals surface area contributed by atoms with Gasteiger partial charge < -0.3 is 14.5 Å². The van der Waals surface area contributed by atoms with E-state index in [9.17, 15) is 4.79 Å². The lowest BCUT2D eigenvalue weighted by Crippen LogP contribution is -2.16. The van der Waals surface area contributed by atoms with Gasteiger partial charge >= 0.3 is 0 Å². The Labute approximate surface area is 171 Å². The molecule has 0 spiro atoms. The van der Waals surface area contributed by atoms with Crippen molar-refractivity contribution in [2.75, 3.05) is 13.6 Å². The lowest BCUT2D eigenvalue weighted by molar-refractivity contribution is 0.195. The number of fused-ring (bicyclic) bond motifs is 1. The Morgan fingerprint density at radius 3 is 2.62 bits per heavy atom. The minimum atomic E-state index is -0.0744. The molecule has 4 nitrogen and oxygen atoms in total. The van der Waals surface area contributed by atoms with Crippen LogP contribution in [0.3, 0.4) is 0 Å². The summed E-state index contributed by atoms with van der Waals surface area (Å²) in [7, 11) is 1.94. The first-order chi connectivity index (χ1) is 14.2. The zero-order valence-corrected chi connectivity index (χ0v) is 17.0. The molecular formula is C25H29NO3. The van der Waals surface area contributed by atoms with Gasteiger partial charge in [-0.05, 0) is 50.2 Å². The van der Waals surface area contributed by atoms with Crippen LogP contribution in [0, 0.1) is 0 Å². The average molecular weight is 392 g/mol. The Hall–Kier alpha value is -2.59. The smallest absolute Gasteiger partial charge is 0.193 e. The van der Waals surface area contributed by atoms with Crippen LogP contribution >= 0.6 is 0 Å². The van der Waals surface area contributed by atoms with Gasteiger partial charge in [0.15, 0.2) is 5.43 Å². The van der Waals surface area contributed by atoms with Crippen LogP contribution in [0.5, 0.6) is 5.75 Å². The molecule has 0 saturated heterocycles. The van der Waals surface area contributed by atoms with E-state index in [0.29, 0.717) is 22.6 Å². The molecule has 1 fully saturated rings. The maximum absolute atomic E-state index is 12.8. The lowest BCUT2D eigenvalue weighted by Gasteiger charge is -2.21. The van der Waals surface area contributed by atoms with Crippen LogP contribution in [0.2, 0.25) is 0 Å². The molecule has 1 saturated carbocycles. The van der Waals surface area contributed by atoms with Crippen molar-refractivity contribution in [2.24, 2.45) is 0 Å². The van der Waals surface area contributed by atoms with Crippen LogP contribution in [0.15, 0.2) is 63.8 Å². The Morgan fingerprint density at radius 2 is 1.86 bits per heavy atom. The fourth-order valence-electron chi connectivity index (χ4n) is 4.22. The predicted octanol–water partition coefficient (Wildman–Crippen LogP) is 5.57. The highest BCUT2D eigenvalue weighted by Crippen LogP contribution is 2.34. The van der Waals surface area contributed by atoms with Gasteiger partial charge in [-0.2, -0.15) is 0 Å². The highest BCUT2D eigenvalue weighted by Gasteiger charge is 2.20. The van der Waals surface area contributed by atoms with Crippen molar-refractivity contribution in [2.45, 2.75) is 50.5 Å². The molecule has 1 aromatic heterocycles. The molecule has 1 aliphatic carbocycles. The first kappa shape index (κ1) is 19.7. The molecule has 4 heteroatoms. The molecule has 0 amide bonds. The van der Waals surface area contributed by atoms with Crippen molar-refractivity contribution >= 4 is 11.0 Å². The van der Waals surface area contributed by atoms with E-state index in [1.54, 1.807) is 6.07 Å². The molecule has 2 aromatic carbocycles. The molecule has 1 N–H and O–H groups in total. The van der Waals surface area contributed by atoms with E-state index in [1.165, 1.54) is 19.3 Å². The number of nitrogens with one attached hydrogen (secondary N) is 1. The molecule has 0 radical (unpaired) electrons. The molecule has 0 bridgehead atoms. The molecule has 1 aliphatic rings. The fourth-order valence-corrected chi connectivity index (χ4v) is 4.22. The summed E-state index contributed by atoms with van der Waals surface area (Å²) in [5.41, 5.74) is 1.79. The lowest BCUT2D eigenvalue weighted by atomic mass is 9.87. The summed E-state index contributed by atoms with van der Waals surface area (Å²) in [4.78, 5) is 12.8. The summed E-state index contributed by atoms with van der Waals surface area (Å²) in [6.45, 7) is 0.847. The van der Waals surface area contributed by atoms with Crippen molar-refractivity contribution in [3.8, 4) is 5.75 Å². The van der Waals surface area contributed by atoms with Gasteiger partial charge in [0.2, 0.25) is 0 Å². The Bertz CT molecular complexity index is 990. The maximum atomic E-state index is 12.8. The third-order valence-corrected chi connectivity index (χ3v) is 5.83. The summed E-state index contributed by atoms with van der Waals surface area (Å²) in [5.74, 6) is 1.91. The minimum Gasteiger partial charge on any atom is -0.486 e. The summed E-state index contributed by atoms with van der Waals surface area (Å²) in [6, 6.07) is 17.5. The first-order valence-electron chi connectivity index (χ1n) is 10.7. The normalized spacial score (nSPS) is 16.0. The van der Waals surface area contributed by atoms with Gasteiger partial charge in [0.25, 0.3) is 0 Å². The van der Waals surface area contributed by atoms with Crippen LogP contribution in [0.1, 0.15) is 61.9 Å². The van der Waals surface area contributed by atoms with E-state index in [2.05, 4.69) is 17.4 Å². The van der Waals surface area contributed by atoms with E-state index in [0.717, 1.165) is 37.1 Å². The number of hydrogen-bond donors (Lipinski definition) is 1. The van der Waals surface area contributed by atoms with Crippen molar-refractivity contribution in [3.63, 3.8) is 0 Å². The molecule has 4 rings (SSSR count). The average Bonchev–Trinajstić information content (AvgIpc) is 2.78. The number of benzene rings is 2. The number of hydrogen-bond acceptors (Lipinski definition) is 4.